The van der Waals surface area contributed by atoms with Crippen molar-refractivity contribution in [2.45, 2.75) is 55.7 Å². The second-order valence-electron chi connectivity index (χ2n) is 6.87. The molecular formula is C20H31IN6S. The van der Waals surface area contributed by atoms with Gasteiger partial charge in [0.2, 0.25) is 0 Å². The Bertz CT molecular complexity index is 734. The van der Waals surface area contributed by atoms with Crippen LogP contribution in [0.1, 0.15) is 37.8 Å². The highest BCUT2D eigenvalue weighted by atomic mass is 127. The number of nitrogens with zero attached hydrogens (tertiary/aromatic N) is 4. The Balaban J connectivity index is 0.00000280. The average molecular weight is 514 g/mol. The van der Waals surface area contributed by atoms with Crippen LogP contribution in [0.5, 0.6) is 0 Å². The van der Waals surface area contributed by atoms with Crippen molar-refractivity contribution in [2.24, 2.45) is 4.99 Å². The summed E-state index contributed by atoms with van der Waals surface area (Å²) in [5.41, 5.74) is 0. The minimum Gasteiger partial charge on any atom is -0.356 e. The quantitative estimate of drug-likeness (QED) is 0.256. The molecule has 0 spiro atoms. The molecule has 2 heterocycles. The molecule has 0 saturated carbocycles. The van der Waals surface area contributed by atoms with Gasteiger partial charge in [-0.1, -0.05) is 31.5 Å². The van der Waals surface area contributed by atoms with Gasteiger partial charge in [-0.2, -0.15) is 0 Å². The summed E-state index contributed by atoms with van der Waals surface area (Å²) in [6.07, 6.45) is 5.66. The van der Waals surface area contributed by atoms with Crippen molar-refractivity contribution < 1.29 is 0 Å². The number of nitrogens with one attached hydrogen (secondary N) is 2. The third-order valence-electron chi connectivity index (χ3n) is 4.69. The van der Waals surface area contributed by atoms with Gasteiger partial charge < -0.3 is 15.2 Å². The monoisotopic (exact) mass is 514 g/mol. The molecule has 0 aliphatic carbocycles. The first-order valence-electron chi connectivity index (χ1n) is 9.83. The fourth-order valence-corrected chi connectivity index (χ4v) is 4.20. The summed E-state index contributed by atoms with van der Waals surface area (Å²) in [6.45, 7) is 4.94. The number of hydrogen-bond acceptors (Lipinski definition) is 4. The van der Waals surface area contributed by atoms with E-state index in [9.17, 15) is 0 Å². The van der Waals surface area contributed by atoms with Crippen molar-refractivity contribution in [3.8, 4) is 0 Å². The first kappa shape index (κ1) is 23.0. The van der Waals surface area contributed by atoms with Gasteiger partial charge in [0.1, 0.15) is 11.6 Å². The third kappa shape index (κ3) is 6.95. The molecule has 0 radical (unpaired) electrons. The van der Waals surface area contributed by atoms with E-state index < -0.39 is 0 Å². The summed E-state index contributed by atoms with van der Waals surface area (Å²) in [4.78, 5) is 5.62. The van der Waals surface area contributed by atoms with Gasteiger partial charge in [-0.3, -0.25) is 4.99 Å². The second kappa shape index (κ2) is 12.3. The van der Waals surface area contributed by atoms with Gasteiger partial charge in [0.25, 0.3) is 0 Å². The van der Waals surface area contributed by atoms with Crippen molar-refractivity contribution in [1.82, 2.24) is 25.4 Å². The van der Waals surface area contributed by atoms with Gasteiger partial charge in [-0.05, 0) is 25.0 Å². The molecule has 1 atom stereocenters. The van der Waals surface area contributed by atoms with Crippen LogP contribution in [0.3, 0.4) is 0 Å². The minimum absolute atomic E-state index is 0. The maximum absolute atomic E-state index is 4.39. The highest BCUT2D eigenvalue weighted by Gasteiger charge is 2.14. The largest absolute Gasteiger partial charge is 0.356 e. The van der Waals surface area contributed by atoms with Crippen molar-refractivity contribution >= 4 is 41.7 Å². The Morgan fingerprint density at radius 3 is 2.79 bits per heavy atom. The predicted molar refractivity (Wildman–Crippen MR) is 128 cm³/mol. The number of aryl methyl sites for hydroxylation is 1. The van der Waals surface area contributed by atoms with E-state index in [-0.39, 0.29) is 24.0 Å². The van der Waals surface area contributed by atoms with Crippen LogP contribution in [0.15, 0.2) is 40.2 Å². The van der Waals surface area contributed by atoms with Gasteiger partial charge in [-0.15, -0.1) is 45.9 Å². The smallest absolute Gasteiger partial charge is 0.191 e. The fraction of sp³-hybridized carbons (Fsp3) is 0.550. The van der Waals surface area contributed by atoms with E-state index in [4.69, 9.17) is 0 Å². The van der Waals surface area contributed by atoms with Crippen LogP contribution in [0.25, 0.3) is 0 Å². The SMILES string of the molecule is CN=C(NCCc1nnc2n1CCCCC2)NCC(C)Sc1ccccc1.I. The fourth-order valence-electron chi connectivity index (χ4n) is 3.26. The second-order valence-corrected chi connectivity index (χ2v) is 8.38. The zero-order valence-electron chi connectivity index (χ0n) is 16.7. The standard InChI is InChI=1S/C20H30N6S.HI/c1-16(27-17-9-5-3-6-10-17)15-23-20(21-2)22-13-12-19-25-24-18-11-7-4-8-14-26(18)19;/h3,5-6,9-10,16H,4,7-8,11-15H2,1-2H3,(H2,21,22,23);1H. The van der Waals surface area contributed by atoms with Crippen molar-refractivity contribution in [1.29, 1.82) is 0 Å². The van der Waals surface area contributed by atoms with Crippen molar-refractivity contribution in [3.63, 3.8) is 0 Å². The number of thioether (sulfide) groups is 1. The summed E-state index contributed by atoms with van der Waals surface area (Å²) >= 11 is 1.87. The van der Waals surface area contributed by atoms with Crippen LogP contribution in [0.4, 0.5) is 0 Å². The third-order valence-corrected chi connectivity index (χ3v) is 5.80. The maximum atomic E-state index is 4.39. The van der Waals surface area contributed by atoms with Crippen LogP contribution in [0, 0.1) is 0 Å². The lowest BCUT2D eigenvalue weighted by atomic mass is 10.2. The normalized spacial score (nSPS) is 15.1. The van der Waals surface area contributed by atoms with E-state index in [1.807, 2.05) is 24.9 Å². The lowest BCUT2D eigenvalue weighted by Crippen LogP contribution is -2.41. The van der Waals surface area contributed by atoms with Gasteiger partial charge >= 0.3 is 0 Å². The summed E-state index contributed by atoms with van der Waals surface area (Å²) in [6, 6.07) is 10.5. The lowest BCUT2D eigenvalue weighted by molar-refractivity contribution is 0.600. The predicted octanol–water partition coefficient (Wildman–Crippen LogP) is 3.51. The summed E-state index contributed by atoms with van der Waals surface area (Å²) < 4.78 is 2.31. The molecule has 1 aliphatic rings. The first-order valence-corrected chi connectivity index (χ1v) is 10.7. The Morgan fingerprint density at radius 1 is 1.18 bits per heavy atom. The van der Waals surface area contributed by atoms with Crippen LogP contribution in [-0.4, -0.2) is 46.1 Å². The topological polar surface area (TPSA) is 67.1 Å². The maximum Gasteiger partial charge on any atom is 0.191 e. The molecular weight excluding hydrogens is 483 g/mol. The molecule has 0 saturated heterocycles. The van der Waals surface area contributed by atoms with E-state index in [2.05, 4.69) is 61.6 Å². The summed E-state index contributed by atoms with van der Waals surface area (Å²) in [5, 5.41) is 16.0. The number of aromatic nitrogens is 3. The van der Waals surface area contributed by atoms with Gasteiger partial charge in [0.05, 0.1) is 0 Å². The van der Waals surface area contributed by atoms with Crippen molar-refractivity contribution in [3.05, 3.63) is 42.0 Å². The molecule has 1 aliphatic heterocycles. The molecule has 0 amide bonds. The molecule has 3 rings (SSSR count). The highest BCUT2D eigenvalue weighted by molar-refractivity contribution is 14.0. The molecule has 1 aromatic heterocycles. The Morgan fingerprint density at radius 2 is 2.00 bits per heavy atom. The molecule has 154 valence electrons. The first-order chi connectivity index (χ1) is 13.3. The van der Waals surface area contributed by atoms with E-state index in [1.165, 1.54) is 24.2 Å². The van der Waals surface area contributed by atoms with Crippen LogP contribution in [0.2, 0.25) is 0 Å². The highest BCUT2D eigenvalue weighted by Crippen LogP contribution is 2.21. The van der Waals surface area contributed by atoms with Crippen LogP contribution >= 0.6 is 35.7 Å². The Labute approximate surface area is 189 Å². The molecule has 1 unspecified atom stereocenters. The van der Waals surface area contributed by atoms with Gasteiger partial charge in [0, 0.05) is 49.7 Å². The zero-order valence-corrected chi connectivity index (χ0v) is 19.9. The number of rotatable bonds is 7. The van der Waals surface area contributed by atoms with Gasteiger partial charge in [0.15, 0.2) is 5.96 Å². The summed E-state index contributed by atoms with van der Waals surface area (Å²) in [7, 11) is 1.81. The number of hydrogen-bond donors (Lipinski definition) is 2. The molecule has 0 fully saturated rings. The average Bonchev–Trinajstić information content (AvgIpc) is 2.91. The Kier molecular flexibility index (Phi) is 10.1. The molecule has 28 heavy (non-hydrogen) atoms. The van der Waals surface area contributed by atoms with E-state index in [0.717, 1.165) is 50.1 Å². The van der Waals surface area contributed by atoms with Crippen molar-refractivity contribution in [2.75, 3.05) is 20.1 Å². The molecule has 2 aromatic rings. The number of aliphatic imine (C=N–C) groups is 1. The van der Waals surface area contributed by atoms with Crippen LogP contribution < -0.4 is 10.6 Å². The lowest BCUT2D eigenvalue weighted by Gasteiger charge is -2.16. The molecule has 8 heteroatoms. The van der Waals surface area contributed by atoms with Gasteiger partial charge in [-0.25, -0.2) is 0 Å². The molecule has 2 N–H and O–H groups in total. The summed E-state index contributed by atoms with van der Waals surface area (Å²) in [5.74, 6) is 3.07. The molecule has 6 nitrogen and oxygen atoms in total. The number of halogens is 1. The van der Waals surface area contributed by atoms with Crippen LogP contribution in [-0.2, 0) is 19.4 Å². The number of fused-ring (bicyclic) bond motifs is 1. The van der Waals surface area contributed by atoms with E-state index in [0.29, 0.717) is 5.25 Å². The molecule has 0 bridgehead atoms. The van der Waals surface area contributed by atoms with E-state index >= 15 is 0 Å². The number of benzene rings is 1. The molecule has 1 aromatic carbocycles. The zero-order chi connectivity index (χ0) is 18.9. The van der Waals surface area contributed by atoms with E-state index in [1.54, 1.807) is 0 Å². The Hall–Kier alpha value is -1.29. The minimum atomic E-state index is 0. The number of guanidine groups is 1.